The van der Waals surface area contributed by atoms with Crippen molar-refractivity contribution in [2.45, 2.75) is 13.0 Å². The number of hydrogen-bond donors (Lipinski definition) is 1. The first-order valence-electron chi connectivity index (χ1n) is 7.21. The second-order valence-corrected chi connectivity index (χ2v) is 8.13. The summed E-state index contributed by atoms with van der Waals surface area (Å²) in [5.74, 6) is -3.05. The molecule has 140 valence electrons. The standard InChI is InChI=1S/C16H14Cl2F2N2O3S/c1-9(16(23)21-10-3-5-12(17)13(18)7-10)22(26(2,24)25)11-4-6-14(19)15(20)8-11/h3-9H,1-2H3,(H,21,23)/t9-/m1/s1. The quantitative estimate of drug-likeness (QED) is 0.789. The maximum Gasteiger partial charge on any atom is 0.247 e. The van der Waals surface area contributed by atoms with E-state index in [4.69, 9.17) is 23.2 Å². The van der Waals surface area contributed by atoms with E-state index >= 15 is 0 Å². The second-order valence-electron chi connectivity index (χ2n) is 5.45. The first kappa shape index (κ1) is 20.4. The number of carbonyl (C=O) groups is 1. The van der Waals surface area contributed by atoms with Gasteiger partial charge in [-0.1, -0.05) is 23.2 Å². The third-order valence-electron chi connectivity index (χ3n) is 3.43. The molecule has 5 nitrogen and oxygen atoms in total. The van der Waals surface area contributed by atoms with Crippen LogP contribution in [0.5, 0.6) is 0 Å². The molecule has 2 rings (SSSR count). The van der Waals surface area contributed by atoms with Crippen LogP contribution in [0.15, 0.2) is 36.4 Å². The highest BCUT2D eigenvalue weighted by Crippen LogP contribution is 2.26. The van der Waals surface area contributed by atoms with Crippen LogP contribution in [0.1, 0.15) is 6.92 Å². The number of amides is 1. The largest absolute Gasteiger partial charge is 0.324 e. The molecule has 0 aromatic heterocycles. The Hall–Kier alpha value is -1.90. The highest BCUT2D eigenvalue weighted by Gasteiger charge is 2.30. The van der Waals surface area contributed by atoms with E-state index in [9.17, 15) is 22.0 Å². The lowest BCUT2D eigenvalue weighted by Crippen LogP contribution is -2.45. The molecule has 0 saturated carbocycles. The molecule has 0 heterocycles. The monoisotopic (exact) mass is 422 g/mol. The first-order valence-corrected chi connectivity index (χ1v) is 9.81. The number of sulfonamides is 1. The highest BCUT2D eigenvalue weighted by atomic mass is 35.5. The van der Waals surface area contributed by atoms with Gasteiger partial charge in [-0.2, -0.15) is 0 Å². The predicted octanol–water partition coefficient (Wildman–Crippen LogP) is 4.06. The first-order chi connectivity index (χ1) is 12.0. The third-order valence-corrected chi connectivity index (χ3v) is 5.41. The van der Waals surface area contributed by atoms with Crippen LogP contribution >= 0.6 is 23.2 Å². The van der Waals surface area contributed by atoms with Crippen molar-refractivity contribution in [3.05, 3.63) is 58.1 Å². The molecule has 0 aliphatic heterocycles. The zero-order valence-electron chi connectivity index (χ0n) is 13.6. The smallest absolute Gasteiger partial charge is 0.247 e. The van der Waals surface area contributed by atoms with Crippen LogP contribution in [0.3, 0.4) is 0 Å². The summed E-state index contributed by atoms with van der Waals surface area (Å²) >= 11 is 11.7. The Morgan fingerprint density at radius 3 is 2.27 bits per heavy atom. The average Bonchev–Trinajstić information content (AvgIpc) is 2.53. The lowest BCUT2D eigenvalue weighted by atomic mass is 10.2. The Balaban J connectivity index is 2.34. The predicted molar refractivity (Wildman–Crippen MR) is 98.2 cm³/mol. The van der Waals surface area contributed by atoms with Gasteiger partial charge < -0.3 is 5.32 Å². The summed E-state index contributed by atoms with van der Waals surface area (Å²) in [5, 5.41) is 3.00. The second kappa shape index (κ2) is 7.77. The Labute approximate surface area is 159 Å². The van der Waals surface area contributed by atoms with Crippen molar-refractivity contribution in [1.29, 1.82) is 0 Å². The minimum absolute atomic E-state index is 0.178. The number of carbonyl (C=O) groups excluding carboxylic acids is 1. The molecule has 0 unspecified atom stereocenters. The Kier molecular flexibility index (Phi) is 6.10. The number of nitrogens with zero attached hydrogens (tertiary/aromatic N) is 1. The topological polar surface area (TPSA) is 66.5 Å². The fourth-order valence-corrected chi connectivity index (χ4v) is 3.72. The van der Waals surface area contributed by atoms with E-state index in [0.29, 0.717) is 16.1 Å². The van der Waals surface area contributed by atoms with Crippen molar-refractivity contribution in [2.75, 3.05) is 15.9 Å². The number of nitrogens with one attached hydrogen (secondary N) is 1. The van der Waals surface area contributed by atoms with Crippen molar-refractivity contribution < 1.29 is 22.0 Å². The van der Waals surface area contributed by atoms with E-state index in [1.165, 1.54) is 25.1 Å². The van der Waals surface area contributed by atoms with E-state index in [1.807, 2.05) is 0 Å². The normalized spacial score (nSPS) is 12.5. The number of hydrogen-bond acceptors (Lipinski definition) is 3. The van der Waals surface area contributed by atoms with Gasteiger partial charge in [-0.25, -0.2) is 17.2 Å². The van der Waals surface area contributed by atoms with Crippen molar-refractivity contribution in [1.82, 2.24) is 0 Å². The summed E-state index contributed by atoms with van der Waals surface area (Å²) in [6.45, 7) is 1.31. The van der Waals surface area contributed by atoms with Crippen LogP contribution in [0.4, 0.5) is 20.2 Å². The molecule has 0 radical (unpaired) electrons. The van der Waals surface area contributed by atoms with Crippen molar-refractivity contribution in [3.8, 4) is 0 Å². The fraction of sp³-hybridized carbons (Fsp3) is 0.188. The lowest BCUT2D eigenvalue weighted by Gasteiger charge is -2.28. The van der Waals surface area contributed by atoms with Crippen LogP contribution < -0.4 is 9.62 Å². The van der Waals surface area contributed by atoms with Gasteiger partial charge in [0.25, 0.3) is 0 Å². The van der Waals surface area contributed by atoms with E-state index < -0.39 is 33.6 Å². The van der Waals surface area contributed by atoms with Gasteiger partial charge in [-0.3, -0.25) is 9.10 Å². The van der Waals surface area contributed by atoms with Gasteiger partial charge in [0, 0.05) is 11.8 Å². The van der Waals surface area contributed by atoms with Crippen LogP contribution in [0.25, 0.3) is 0 Å². The summed E-state index contributed by atoms with van der Waals surface area (Å²) in [5.41, 5.74) is 0.123. The maximum absolute atomic E-state index is 13.5. The molecule has 1 amide bonds. The molecule has 0 fully saturated rings. The van der Waals surface area contributed by atoms with E-state index in [0.717, 1.165) is 18.4 Å². The van der Waals surface area contributed by atoms with Gasteiger partial charge in [0.05, 0.1) is 22.0 Å². The zero-order valence-corrected chi connectivity index (χ0v) is 16.0. The Bertz CT molecular complexity index is 955. The molecule has 26 heavy (non-hydrogen) atoms. The van der Waals surface area contributed by atoms with E-state index in [2.05, 4.69) is 5.32 Å². The molecule has 0 saturated heterocycles. The van der Waals surface area contributed by atoms with Gasteiger partial charge in [0.1, 0.15) is 6.04 Å². The molecular formula is C16H14Cl2F2N2O3S. The molecule has 0 aliphatic rings. The minimum Gasteiger partial charge on any atom is -0.324 e. The number of benzene rings is 2. The van der Waals surface area contributed by atoms with Crippen LogP contribution in [-0.4, -0.2) is 26.6 Å². The SMILES string of the molecule is C[C@H](C(=O)Nc1ccc(Cl)c(Cl)c1)N(c1ccc(F)c(F)c1)S(C)(=O)=O. The minimum atomic E-state index is -3.96. The summed E-state index contributed by atoms with van der Waals surface area (Å²) in [6, 6.07) is 5.67. The third kappa shape index (κ3) is 4.63. The molecule has 1 atom stereocenters. The van der Waals surface area contributed by atoms with Crippen molar-refractivity contribution >= 4 is 50.5 Å². The van der Waals surface area contributed by atoms with E-state index in [-0.39, 0.29) is 15.7 Å². The van der Waals surface area contributed by atoms with E-state index in [1.54, 1.807) is 0 Å². The van der Waals surface area contributed by atoms with Gasteiger partial charge >= 0.3 is 0 Å². The average molecular weight is 423 g/mol. The molecule has 2 aromatic rings. The molecule has 0 bridgehead atoms. The molecular weight excluding hydrogens is 409 g/mol. The molecule has 1 N–H and O–H groups in total. The maximum atomic E-state index is 13.5. The Morgan fingerprint density at radius 1 is 1.08 bits per heavy atom. The fourth-order valence-electron chi connectivity index (χ4n) is 2.25. The number of anilines is 2. The van der Waals surface area contributed by atoms with Gasteiger partial charge in [0.2, 0.25) is 15.9 Å². The van der Waals surface area contributed by atoms with Crippen LogP contribution in [0.2, 0.25) is 10.0 Å². The van der Waals surface area contributed by atoms with Crippen LogP contribution in [0, 0.1) is 11.6 Å². The Morgan fingerprint density at radius 2 is 1.73 bits per heavy atom. The summed E-state index contributed by atoms with van der Waals surface area (Å²) < 4.78 is 51.6. The molecule has 10 heteroatoms. The zero-order chi connectivity index (χ0) is 19.6. The summed E-state index contributed by atoms with van der Waals surface area (Å²) in [4.78, 5) is 12.5. The van der Waals surface area contributed by atoms with Gasteiger partial charge in [-0.05, 0) is 37.3 Å². The molecule has 0 spiro atoms. The van der Waals surface area contributed by atoms with Crippen LogP contribution in [-0.2, 0) is 14.8 Å². The highest BCUT2D eigenvalue weighted by molar-refractivity contribution is 7.92. The summed E-state index contributed by atoms with van der Waals surface area (Å²) in [6.07, 6.45) is 0.858. The lowest BCUT2D eigenvalue weighted by molar-refractivity contribution is -0.116. The summed E-state index contributed by atoms with van der Waals surface area (Å²) in [7, 11) is -3.96. The van der Waals surface area contributed by atoms with Crippen molar-refractivity contribution in [3.63, 3.8) is 0 Å². The van der Waals surface area contributed by atoms with Gasteiger partial charge in [0.15, 0.2) is 11.6 Å². The molecule has 0 aliphatic carbocycles. The number of halogens is 4. The van der Waals surface area contributed by atoms with Crippen molar-refractivity contribution in [2.24, 2.45) is 0 Å². The number of rotatable bonds is 5. The molecule has 2 aromatic carbocycles. The van der Waals surface area contributed by atoms with Gasteiger partial charge in [-0.15, -0.1) is 0 Å².